The van der Waals surface area contributed by atoms with Crippen LogP contribution in [0.25, 0.3) is 0 Å². The van der Waals surface area contributed by atoms with Crippen molar-refractivity contribution in [1.82, 2.24) is 10.2 Å². The second-order valence-electron chi connectivity index (χ2n) is 5.88. The average molecular weight is 453 g/mol. The smallest absolute Gasteiger partial charge is 0.194 e. The molecule has 0 radical (unpaired) electrons. The zero-order valence-electron chi connectivity index (χ0n) is 14.9. The third-order valence-electron chi connectivity index (χ3n) is 3.72. The molecule has 136 valence electrons. The van der Waals surface area contributed by atoms with Gasteiger partial charge in [0.1, 0.15) is 0 Å². The Kier molecular flexibility index (Phi) is 10.2. The summed E-state index contributed by atoms with van der Waals surface area (Å²) in [5.41, 5.74) is 2.36. The number of rotatable bonds is 7. The van der Waals surface area contributed by atoms with E-state index in [-0.39, 0.29) is 24.0 Å². The predicted molar refractivity (Wildman–Crippen MR) is 115 cm³/mol. The molecule has 2 rings (SSSR count). The molecule has 25 heavy (non-hydrogen) atoms. The number of aliphatic hydroxyl groups excluding tert-OH is 1. The summed E-state index contributed by atoms with van der Waals surface area (Å²) < 4.78 is 0. The second-order valence-corrected chi connectivity index (χ2v) is 5.88. The lowest BCUT2D eigenvalue weighted by molar-refractivity contribution is 0.183. The van der Waals surface area contributed by atoms with Gasteiger partial charge in [0.15, 0.2) is 5.96 Å². The molecule has 1 atom stereocenters. The second kappa shape index (κ2) is 11.9. The Morgan fingerprint density at radius 2 is 1.60 bits per heavy atom. The van der Waals surface area contributed by atoms with Crippen LogP contribution >= 0.6 is 24.0 Å². The van der Waals surface area contributed by atoms with Gasteiger partial charge >= 0.3 is 0 Å². The van der Waals surface area contributed by atoms with Crippen LogP contribution in [0.2, 0.25) is 0 Å². The molecule has 2 N–H and O–H groups in total. The first-order valence-electron chi connectivity index (χ1n) is 8.44. The highest BCUT2D eigenvalue weighted by atomic mass is 127. The van der Waals surface area contributed by atoms with E-state index in [1.54, 1.807) is 0 Å². The Morgan fingerprint density at radius 1 is 1.04 bits per heavy atom. The minimum Gasteiger partial charge on any atom is -0.391 e. The summed E-state index contributed by atoms with van der Waals surface area (Å²) in [5, 5.41) is 13.5. The number of benzene rings is 2. The number of hydrogen-bond acceptors (Lipinski definition) is 2. The van der Waals surface area contributed by atoms with Crippen molar-refractivity contribution in [1.29, 1.82) is 0 Å². The highest BCUT2D eigenvalue weighted by Gasteiger charge is 2.09. The number of guanidine groups is 1. The van der Waals surface area contributed by atoms with Gasteiger partial charge in [0.25, 0.3) is 0 Å². The molecular formula is C20H28IN3O. The molecule has 0 spiro atoms. The van der Waals surface area contributed by atoms with E-state index in [1.165, 1.54) is 5.56 Å². The van der Waals surface area contributed by atoms with Crippen LogP contribution in [0.15, 0.2) is 65.7 Å². The van der Waals surface area contributed by atoms with Gasteiger partial charge in [-0.05, 0) is 18.1 Å². The lowest BCUT2D eigenvalue weighted by Gasteiger charge is -2.22. The average Bonchev–Trinajstić information content (AvgIpc) is 2.60. The first kappa shape index (κ1) is 21.4. The molecule has 0 aliphatic rings. The van der Waals surface area contributed by atoms with Gasteiger partial charge in [-0.15, -0.1) is 24.0 Å². The molecule has 0 aliphatic heterocycles. The summed E-state index contributed by atoms with van der Waals surface area (Å²) in [6.07, 6.45) is 0.137. The topological polar surface area (TPSA) is 47.9 Å². The molecular weight excluding hydrogens is 425 g/mol. The molecule has 0 saturated heterocycles. The van der Waals surface area contributed by atoms with Gasteiger partial charge < -0.3 is 15.3 Å². The lowest BCUT2D eigenvalue weighted by Crippen LogP contribution is -2.39. The number of aliphatic hydroxyl groups is 1. The van der Waals surface area contributed by atoms with Crippen molar-refractivity contribution < 1.29 is 5.11 Å². The Hall–Kier alpha value is -1.60. The van der Waals surface area contributed by atoms with Crippen LogP contribution in [0.4, 0.5) is 0 Å². The van der Waals surface area contributed by atoms with E-state index in [2.05, 4.69) is 27.3 Å². The van der Waals surface area contributed by atoms with E-state index >= 15 is 0 Å². The maximum Gasteiger partial charge on any atom is 0.194 e. The highest BCUT2D eigenvalue weighted by molar-refractivity contribution is 14.0. The fraction of sp³-hybridized carbons (Fsp3) is 0.350. The lowest BCUT2D eigenvalue weighted by atomic mass is 10.1. The van der Waals surface area contributed by atoms with Crippen molar-refractivity contribution in [3.05, 3.63) is 71.8 Å². The summed E-state index contributed by atoms with van der Waals surface area (Å²) >= 11 is 0. The Balaban J connectivity index is 0.00000312. The fourth-order valence-corrected chi connectivity index (χ4v) is 2.54. The van der Waals surface area contributed by atoms with E-state index < -0.39 is 6.10 Å². The van der Waals surface area contributed by atoms with Crippen LogP contribution < -0.4 is 5.32 Å². The molecule has 5 heteroatoms. The normalized spacial score (nSPS) is 12.2. The Morgan fingerprint density at radius 3 is 2.16 bits per heavy atom. The molecule has 0 fully saturated rings. The molecule has 2 aromatic carbocycles. The zero-order chi connectivity index (χ0) is 17.2. The van der Waals surface area contributed by atoms with Crippen molar-refractivity contribution in [2.75, 3.05) is 20.1 Å². The number of halogens is 1. The van der Waals surface area contributed by atoms with Crippen molar-refractivity contribution in [3.8, 4) is 0 Å². The first-order chi connectivity index (χ1) is 11.7. The largest absolute Gasteiger partial charge is 0.391 e. The molecule has 0 aromatic heterocycles. The van der Waals surface area contributed by atoms with Gasteiger partial charge in [-0.25, -0.2) is 0 Å². The minimum atomic E-state index is -0.480. The minimum absolute atomic E-state index is 0. The van der Waals surface area contributed by atoms with Gasteiger partial charge in [0.05, 0.1) is 12.6 Å². The van der Waals surface area contributed by atoms with Crippen LogP contribution in [0.3, 0.4) is 0 Å². The van der Waals surface area contributed by atoms with Gasteiger partial charge in [0, 0.05) is 26.6 Å². The first-order valence-corrected chi connectivity index (χ1v) is 8.44. The summed E-state index contributed by atoms with van der Waals surface area (Å²) in [4.78, 5) is 6.66. The van der Waals surface area contributed by atoms with E-state index in [0.717, 1.165) is 24.6 Å². The van der Waals surface area contributed by atoms with Gasteiger partial charge in [0.2, 0.25) is 0 Å². The molecule has 0 bridgehead atoms. The van der Waals surface area contributed by atoms with Crippen LogP contribution in [0.5, 0.6) is 0 Å². The quantitative estimate of drug-likeness (QED) is 0.384. The molecule has 1 unspecified atom stereocenters. The monoisotopic (exact) mass is 453 g/mol. The van der Waals surface area contributed by atoms with Gasteiger partial charge in [-0.1, -0.05) is 60.7 Å². The van der Waals surface area contributed by atoms with Crippen molar-refractivity contribution in [2.24, 2.45) is 4.99 Å². The van der Waals surface area contributed by atoms with Crippen LogP contribution in [-0.2, 0) is 13.0 Å². The van der Waals surface area contributed by atoms with Crippen LogP contribution in [-0.4, -0.2) is 42.2 Å². The third kappa shape index (κ3) is 7.88. The Bertz CT molecular complexity index is 619. The Labute approximate surface area is 168 Å². The molecule has 0 aliphatic carbocycles. The predicted octanol–water partition coefficient (Wildman–Crippen LogP) is 3.31. The van der Waals surface area contributed by atoms with Crippen LogP contribution in [0, 0.1) is 0 Å². The number of aliphatic imine (C=N–C) groups is 1. The molecule has 4 nitrogen and oxygen atoms in total. The van der Waals surface area contributed by atoms with Gasteiger partial charge in [-0.3, -0.25) is 4.99 Å². The fourth-order valence-electron chi connectivity index (χ4n) is 2.54. The SMILES string of the molecule is CCNC(=NCC(O)Cc1ccccc1)N(C)Cc1ccccc1.I. The van der Waals surface area contributed by atoms with E-state index in [0.29, 0.717) is 13.0 Å². The van der Waals surface area contributed by atoms with Crippen molar-refractivity contribution in [3.63, 3.8) is 0 Å². The molecule has 0 amide bonds. The highest BCUT2D eigenvalue weighted by Crippen LogP contribution is 2.05. The van der Waals surface area contributed by atoms with Crippen LogP contribution in [0.1, 0.15) is 18.1 Å². The van der Waals surface area contributed by atoms with E-state index in [1.807, 2.05) is 62.5 Å². The molecule has 0 heterocycles. The summed E-state index contributed by atoms with van der Waals surface area (Å²) in [5.74, 6) is 0.813. The number of hydrogen-bond donors (Lipinski definition) is 2. The van der Waals surface area contributed by atoms with E-state index in [9.17, 15) is 5.11 Å². The van der Waals surface area contributed by atoms with Crippen molar-refractivity contribution >= 4 is 29.9 Å². The number of nitrogens with zero attached hydrogens (tertiary/aromatic N) is 2. The zero-order valence-corrected chi connectivity index (χ0v) is 17.3. The maximum atomic E-state index is 10.2. The number of nitrogens with one attached hydrogen (secondary N) is 1. The third-order valence-corrected chi connectivity index (χ3v) is 3.72. The van der Waals surface area contributed by atoms with E-state index in [4.69, 9.17) is 0 Å². The summed E-state index contributed by atoms with van der Waals surface area (Å²) in [7, 11) is 2.01. The molecule has 2 aromatic rings. The standard InChI is InChI=1S/C20H27N3O.HI/c1-3-21-20(23(2)16-18-12-8-5-9-13-18)22-15-19(24)14-17-10-6-4-7-11-17;/h4-13,19,24H,3,14-16H2,1-2H3,(H,21,22);1H. The van der Waals surface area contributed by atoms with Gasteiger partial charge in [-0.2, -0.15) is 0 Å². The summed E-state index contributed by atoms with van der Waals surface area (Å²) in [6, 6.07) is 20.3. The maximum absolute atomic E-state index is 10.2. The molecule has 0 saturated carbocycles. The van der Waals surface area contributed by atoms with Crippen molar-refractivity contribution in [2.45, 2.75) is 26.0 Å². The summed E-state index contributed by atoms with van der Waals surface area (Å²) in [6.45, 7) is 4.01.